The van der Waals surface area contributed by atoms with Crippen molar-refractivity contribution in [3.63, 3.8) is 0 Å². The maximum Gasteiger partial charge on any atom is 0.203 e. The molecule has 0 unspecified atom stereocenters. The minimum Gasteiger partial charge on any atom is -0.508 e. The molecule has 0 fully saturated rings. The van der Waals surface area contributed by atoms with E-state index in [0.717, 1.165) is 0 Å². The summed E-state index contributed by atoms with van der Waals surface area (Å²) in [6.07, 6.45) is 2.75. The maximum absolute atomic E-state index is 12.0. The van der Waals surface area contributed by atoms with Gasteiger partial charge in [0.2, 0.25) is 9.84 Å². The van der Waals surface area contributed by atoms with Gasteiger partial charge in [-0.2, -0.15) is 0 Å². The summed E-state index contributed by atoms with van der Waals surface area (Å²) in [5.41, 5.74) is 6.01. The van der Waals surface area contributed by atoms with Crippen LogP contribution in [0.4, 0.5) is 0 Å². The molecule has 0 aromatic heterocycles. The monoisotopic (exact) mass is 239 g/mol. The van der Waals surface area contributed by atoms with Gasteiger partial charge in [-0.1, -0.05) is 0 Å². The number of aromatic hydroxyl groups is 1. The molecule has 0 amide bonds. The van der Waals surface area contributed by atoms with E-state index in [2.05, 4.69) is 0 Å². The zero-order chi connectivity index (χ0) is 11.8. The van der Waals surface area contributed by atoms with Gasteiger partial charge in [0.05, 0.1) is 4.90 Å². The van der Waals surface area contributed by atoms with Crippen molar-refractivity contribution in [3.05, 3.63) is 28.7 Å². The number of phenols is 1. The molecular weight excluding hydrogens is 226 g/mol. The minimum atomic E-state index is -3.40. The predicted octanol–water partition coefficient (Wildman–Crippen LogP) is 1.26. The van der Waals surface area contributed by atoms with Crippen molar-refractivity contribution in [1.82, 2.24) is 0 Å². The van der Waals surface area contributed by atoms with Crippen LogP contribution in [-0.2, 0) is 9.84 Å². The SMILES string of the molecule is NCCCC1=Cc2ccc(O)cc2S1(=O)=O. The topological polar surface area (TPSA) is 80.4 Å². The average molecular weight is 239 g/mol. The van der Waals surface area contributed by atoms with E-state index >= 15 is 0 Å². The van der Waals surface area contributed by atoms with E-state index in [1.54, 1.807) is 12.1 Å². The third-order valence-electron chi connectivity index (χ3n) is 2.58. The van der Waals surface area contributed by atoms with E-state index in [9.17, 15) is 13.5 Å². The van der Waals surface area contributed by atoms with Crippen molar-refractivity contribution in [2.24, 2.45) is 5.73 Å². The van der Waals surface area contributed by atoms with Gasteiger partial charge in [0.15, 0.2) is 0 Å². The summed E-state index contributed by atoms with van der Waals surface area (Å²) >= 11 is 0. The summed E-state index contributed by atoms with van der Waals surface area (Å²) in [7, 11) is -3.40. The summed E-state index contributed by atoms with van der Waals surface area (Å²) < 4.78 is 24.0. The molecule has 1 aromatic rings. The Bertz CT molecular complexity index is 546. The van der Waals surface area contributed by atoms with Gasteiger partial charge >= 0.3 is 0 Å². The summed E-state index contributed by atoms with van der Waals surface area (Å²) in [6, 6.07) is 4.38. The first kappa shape index (κ1) is 11.2. The van der Waals surface area contributed by atoms with Crippen LogP contribution in [0.25, 0.3) is 6.08 Å². The molecule has 5 heteroatoms. The van der Waals surface area contributed by atoms with Crippen LogP contribution < -0.4 is 5.73 Å². The molecule has 1 heterocycles. The molecule has 0 bridgehead atoms. The Labute approximate surface area is 94.3 Å². The quantitative estimate of drug-likeness (QED) is 0.832. The molecule has 2 rings (SSSR count). The van der Waals surface area contributed by atoms with E-state index in [4.69, 9.17) is 5.73 Å². The molecule has 0 aliphatic carbocycles. The molecule has 0 spiro atoms. The Kier molecular flexibility index (Phi) is 2.73. The van der Waals surface area contributed by atoms with Gasteiger partial charge in [-0.05, 0) is 49.2 Å². The van der Waals surface area contributed by atoms with Crippen LogP contribution in [0.2, 0.25) is 0 Å². The van der Waals surface area contributed by atoms with E-state index < -0.39 is 9.84 Å². The molecule has 1 aliphatic heterocycles. The Hall–Kier alpha value is -1.33. The minimum absolute atomic E-state index is 0.0317. The van der Waals surface area contributed by atoms with Crippen LogP contribution >= 0.6 is 0 Å². The van der Waals surface area contributed by atoms with Crippen LogP contribution in [0.5, 0.6) is 5.75 Å². The third kappa shape index (κ3) is 1.72. The number of hydrogen-bond acceptors (Lipinski definition) is 4. The summed E-state index contributed by atoms with van der Waals surface area (Å²) in [6.45, 7) is 0.467. The third-order valence-corrected chi connectivity index (χ3v) is 4.52. The highest BCUT2D eigenvalue weighted by Gasteiger charge is 2.29. The van der Waals surface area contributed by atoms with Crippen LogP contribution in [0.3, 0.4) is 0 Å². The lowest BCUT2D eigenvalue weighted by atomic mass is 10.2. The number of phenolic OH excluding ortho intramolecular Hbond substituents is 1. The molecule has 0 saturated carbocycles. The fourth-order valence-corrected chi connectivity index (χ4v) is 3.44. The van der Waals surface area contributed by atoms with Crippen molar-refractivity contribution < 1.29 is 13.5 Å². The van der Waals surface area contributed by atoms with Crippen molar-refractivity contribution in [2.75, 3.05) is 6.54 Å². The first-order valence-corrected chi connectivity index (χ1v) is 6.53. The van der Waals surface area contributed by atoms with Crippen LogP contribution in [0, 0.1) is 0 Å². The first-order chi connectivity index (χ1) is 7.55. The van der Waals surface area contributed by atoms with Gasteiger partial charge in [0.1, 0.15) is 5.75 Å². The Morgan fingerprint density at radius 3 is 2.75 bits per heavy atom. The second-order valence-corrected chi connectivity index (χ2v) is 5.70. The van der Waals surface area contributed by atoms with Crippen LogP contribution in [-0.4, -0.2) is 20.1 Å². The van der Waals surface area contributed by atoms with Crippen molar-refractivity contribution in [2.45, 2.75) is 17.7 Å². The van der Waals surface area contributed by atoms with Crippen LogP contribution in [0.1, 0.15) is 18.4 Å². The van der Waals surface area contributed by atoms with Crippen molar-refractivity contribution in [3.8, 4) is 5.75 Å². The van der Waals surface area contributed by atoms with Gasteiger partial charge in [0, 0.05) is 4.91 Å². The highest BCUT2D eigenvalue weighted by atomic mass is 32.2. The number of hydrogen-bond donors (Lipinski definition) is 2. The number of fused-ring (bicyclic) bond motifs is 1. The normalized spacial score (nSPS) is 16.9. The molecule has 1 aromatic carbocycles. The molecule has 3 N–H and O–H groups in total. The molecule has 0 saturated heterocycles. The number of benzene rings is 1. The van der Waals surface area contributed by atoms with Crippen LogP contribution in [0.15, 0.2) is 28.0 Å². The molecule has 4 nitrogen and oxygen atoms in total. The predicted molar refractivity (Wildman–Crippen MR) is 61.6 cm³/mol. The summed E-state index contributed by atoms with van der Waals surface area (Å²) in [5.74, 6) is -0.0317. The molecule has 0 atom stereocenters. The summed E-state index contributed by atoms with van der Waals surface area (Å²) in [5, 5.41) is 9.28. The van der Waals surface area contributed by atoms with E-state index in [1.807, 2.05) is 0 Å². The standard InChI is InChI=1S/C11H13NO3S/c12-5-1-2-10-6-8-3-4-9(13)7-11(8)16(10,14)15/h3-4,6-7,13H,1-2,5,12H2. The number of sulfone groups is 1. The molecular formula is C11H13NO3S. The number of allylic oxidation sites excluding steroid dienone is 1. The Morgan fingerprint density at radius 2 is 2.06 bits per heavy atom. The van der Waals surface area contributed by atoms with Gasteiger partial charge in [0.25, 0.3) is 0 Å². The second-order valence-electron chi connectivity index (χ2n) is 3.73. The lowest BCUT2D eigenvalue weighted by Gasteiger charge is -2.02. The second kappa shape index (κ2) is 3.92. The summed E-state index contributed by atoms with van der Waals surface area (Å²) in [4.78, 5) is 0.582. The zero-order valence-electron chi connectivity index (χ0n) is 8.68. The lowest BCUT2D eigenvalue weighted by molar-refractivity contribution is 0.473. The number of nitrogens with two attached hydrogens (primary N) is 1. The van der Waals surface area contributed by atoms with E-state index in [0.29, 0.717) is 29.9 Å². The maximum atomic E-state index is 12.0. The van der Waals surface area contributed by atoms with Gasteiger partial charge in [-0.3, -0.25) is 0 Å². The zero-order valence-corrected chi connectivity index (χ0v) is 9.50. The number of rotatable bonds is 3. The van der Waals surface area contributed by atoms with Crippen molar-refractivity contribution in [1.29, 1.82) is 0 Å². The first-order valence-electron chi connectivity index (χ1n) is 5.04. The van der Waals surface area contributed by atoms with E-state index in [1.165, 1.54) is 12.1 Å². The Morgan fingerprint density at radius 1 is 1.31 bits per heavy atom. The highest BCUT2D eigenvalue weighted by Crippen LogP contribution is 2.36. The average Bonchev–Trinajstić information content (AvgIpc) is 2.48. The molecule has 86 valence electrons. The fourth-order valence-electron chi connectivity index (χ4n) is 1.75. The highest BCUT2D eigenvalue weighted by molar-refractivity contribution is 7.95. The lowest BCUT2D eigenvalue weighted by Crippen LogP contribution is -2.04. The molecule has 0 radical (unpaired) electrons. The van der Waals surface area contributed by atoms with Crippen molar-refractivity contribution >= 4 is 15.9 Å². The van der Waals surface area contributed by atoms with Gasteiger partial charge in [-0.25, -0.2) is 8.42 Å². The smallest absolute Gasteiger partial charge is 0.203 e. The Balaban J connectivity index is 2.44. The molecule has 16 heavy (non-hydrogen) atoms. The van der Waals surface area contributed by atoms with E-state index in [-0.39, 0.29) is 10.6 Å². The fraction of sp³-hybridized carbons (Fsp3) is 0.273. The largest absolute Gasteiger partial charge is 0.508 e. The molecule has 1 aliphatic rings. The van der Waals surface area contributed by atoms with Gasteiger partial charge in [-0.15, -0.1) is 0 Å². The van der Waals surface area contributed by atoms with Gasteiger partial charge < -0.3 is 10.8 Å².